The maximum atomic E-state index is 13.7. The van der Waals surface area contributed by atoms with Crippen molar-refractivity contribution in [3.63, 3.8) is 0 Å². The van der Waals surface area contributed by atoms with E-state index in [0.29, 0.717) is 25.1 Å². The molecule has 1 heterocycles. The van der Waals surface area contributed by atoms with Crippen LogP contribution in [0, 0.1) is 26.2 Å². The third kappa shape index (κ3) is 4.74. The van der Waals surface area contributed by atoms with Crippen LogP contribution in [0.2, 0.25) is 0 Å². The Labute approximate surface area is 191 Å². The van der Waals surface area contributed by atoms with Crippen molar-refractivity contribution in [3.8, 4) is 5.75 Å². The molecule has 172 valence electrons. The SMILES string of the molecule is COc1c(C)cc(NC(=O)C2c3cc(N)ccc3CCN2C(=O)CC(C)(C)C)c(C)c1C. The Balaban J connectivity index is 2.02. The first-order valence-electron chi connectivity index (χ1n) is 11.1. The van der Waals surface area contributed by atoms with Gasteiger partial charge >= 0.3 is 0 Å². The predicted octanol–water partition coefficient (Wildman–Crippen LogP) is 4.70. The molecular formula is C26H35N3O3. The molecule has 0 bridgehead atoms. The van der Waals surface area contributed by atoms with Gasteiger partial charge in [-0.2, -0.15) is 0 Å². The number of carbonyl (C=O) groups is 2. The van der Waals surface area contributed by atoms with Gasteiger partial charge in [-0.15, -0.1) is 0 Å². The van der Waals surface area contributed by atoms with Gasteiger partial charge in [0.2, 0.25) is 5.91 Å². The number of benzene rings is 2. The van der Waals surface area contributed by atoms with Gasteiger partial charge in [-0.1, -0.05) is 26.8 Å². The third-order valence-corrected chi connectivity index (χ3v) is 6.14. The molecule has 1 aliphatic heterocycles. The van der Waals surface area contributed by atoms with E-state index in [1.165, 1.54) is 0 Å². The van der Waals surface area contributed by atoms with E-state index in [9.17, 15) is 9.59 Å². The molecule has 6 nitrogen and oxygen atoms in total. The van der Waals surface area contributed by atoms with Gasteiger partial charge < -0.3 is 20.7 Å². The third-order valence-electron chi connectivity index (χ3n) is 6.14. The first-order chi connectivity index (χ1) is 14.9. The van der Waals surface area contributed by atoms with E-state index in [2.05, 4.69) is 5.32 Å². The fourth-order valence-electron chi connectivity index (χ4n) is 4.44. The second-order valence-corrected chi connectivity index (χ2v) is 9.95. The van der Waals surface area contributed by atoms with Gasteiger partial charge in [0.15, 0.2) is 0 Å². The monoisotopic (exact) mass is 437 g/mol. The molecule has 0 spiro atoms. The van der Waals surface area contributed by atoms with E-state index < -0.39 is 6.04 Å². The minimum Gasteiger partial charge on any atom is -0.496 e. The number of hydrogen-bond donors (Lipinski definition) is 2. The molecule has 1 atom stereocenters. The van der Waals surface area contributed by atoms with E-state index in [4.69, 9.17) is 10.5 Å². The summed E-state index contributed by atoms with van der Waals surface area (Å²) in [6.45, 7) is 12.5. The zero-order chi connectivity index (χ0) is 23.8. The standard InChI is InChI=1S/C26H35N3O3/c1-15-12-21(16(2)17(3)24(15)32-7)28-25(31)23-20-13-19(27)9-8-18(20)10-11-29(23)22(30)14-26(4,5)6/h8-9,12-13,23H,10-11,14,27H2,1-7H3,(H,28,31). The van der Waals surface area contributed by atoms with Gasteiger partial charge in [0.1, 0.15) is 11.8 Å². The zero-order valence-corrected chi connectivity index (χ0v) is 20.3. The van der Waals surface area contributed by atoms with Crippen LogP contribution in [-0.2, 0) is 16.0 Å². The van der Waals surface area contributed by atoms with Crippen LogP contribution < -0.4 is 15.8 Å². The van der Waals surface area contributed by atoms with Crippen molar-refractivity contribution in [1.29, 1.82) is 0 Å². The van der Waals surface area contributed by atoms with Gasteiger partial charge in [-0.25, -0.2) is 0 Å². The molecule has 2 aromatic rings. The summed E-state index contributed by atoms with van der Waals surface area (Å²) in [5, 5.41) is 3.09. The second-order valence-electron chi connectivity index (χ2n) is 9.95. The number of ether oxygens (including phenoxy) is 1. The molecule has 0 radical (unpaired) electrons. The van der Waals surface area contributed by atoms with Crippen molar-refractivity contribution >= 4 is 23.2 Å². The number of anilines is 2. The van der Waals surface area contributed by atoms with E-state index in [-0.39, 0.29) is 17.2 Å². The number of fused-ring (bicyclic) bond motifs is 1. The Bertz CT molecular complexity index is 1050. The number of carbonyl (C=O) groups excluding carboxylic acids is 2. The minimum absolute atomic E-state index is 0.0236. The molecule has 0 aliphatic carbocycles. The van der Waals surface area contributed by atoms with Crippen molar-refractivity contribution in [3.05, 3.63) is 52.1 Å². The highest BCUT2D eigenvalue weighted by molar-refractivity contribution is 5.99. The van der Waals surface area contributed by atoms with Crippen LogP contribution in [0.5, 0.6) is 5.75 Å². The lowest BCUT2D eigenvalue weighted by atomic mass is 9.88. The number of nitrogen functional groups attached to an aromatic ring is 1. The summed E-state index contributed by atoms with van der Waals surface area (Å²) in [7, 11) is 1.65. The molecule has 0 aromatic heterocycles. The van der Waals surface area contributed by atoms with E-state index in [0.717, 1.165) is 39.3 Å². The van der Waals surface area contributed by atoms with Gasteiger partial charge in [-0.3, -0.25) is 9.59 Å². The molecule has 2 aromatic carbocycles. The Kier molecular flexibility index (Phi) is 6.54. The van der Waals surface area contributed by atoms with E-state index >= 15 is 0 Å². The Morgan fingerprint density at radius 3 is 2.47 bits per heavy atom. The molecule has 1 unspecified atom stereocenters. The Morgan fingerprint density at radius 1 is 1.16 bits per heavy atom. The number of nitrogens with two attached hydrogens (primary N) is 1. The number of hydrogen-bond acceptors (Lipinski definition) is 4. The topological polar surface area (TPSA) is 84.7 Å². The van der Waals surface area contributed by atoms with Crippen LogP contribution in [-0.4, -0.2) is 30.4 Å². The fraction of sp³-hybridized carbons (Fsp3) is 0.462. The summed E-state index contributed by atoms with van der Waals surface area (Å²) in [6.07, 6.45) is 1.07. The summed E-state index contributed by atoms with van der Waals surface area (Å²) in [5.41, 5.74) is 11.9. The van der Waals surface area contributed by atoms with Crippen molar-refractivity contribution < 1.29 is 14.3 Å². The van der Waals surface area contributed by atoms with Gasteiger partial charge in [0.05, 0.1) is 7.11 Å². The predicted molar refractivity (Wildman–Crippen MR) is 129 cm³/mol. The number of rotatable bonds is 4. The van der Waals surface area contributed by atoms with Crippen LogP contribution in [0.4, 0.5) is 11.4 Å². The largest absolute Gasteiger partial charge is 0.496 e. The minimum atomic E-state index is -0.723. The molecular weight excluding hydrogens is 402 g/mol. The van der Waals surface area contributed by atoms with E-state index in [1.54, 1.807) is 12.0 Å². The lowest BCUT2D eigenvalue weighted by molar-refractivity contribution is -0.141. The summed E-state index contributed by atoms with van der Waals surface area (Å²) in [4.78, 5) is 28.6. The van der Waals surface area contributed by atoms with Gasteiger partial charge in [0, 0.05) is 24.3 Å². The first kappa shape index (κ1) is 23.6. The average Bonchev–Trinajstić information content (AvgIpc) is 2.69. The van der Waals surface area contributed by atoms with Gasteiger partial charge in [0.25, 0.3) is 5.91 Å². The molecule has 0 saturated heterocycles. The zero-order valence-electron chi connectivity index (χ0n) is 20.3. The molecule has 32 heavy (non-hydrogen) atoms. The quantitative estimate of drug-likeness (QED) is 0.679. The van der Waals surface area contributed by atoms with Crippen LogP contribution in [0.25, 0.3) is 0 Å². The molecule has 2 amide bonds. The van der Waals surface area contributed by atoms with Crippen LogP contribution in [0.3, 0.4) is 0 Å². The van der Waals surface area contributed by atoms with Crippen molar-refractivity contribution in [2.24, 2.45) is 5.41 Å². The Morgan fingerprint density at radius 2 is 1.84 bits per heavy atom. The number of methoxy groups -OCH3 is 1. The molecule has 6 heteroatoms. The second kappa shape index (κ2) is 8.85. The smallest absolute Gasteiger partial charge is 0.251 e. The summed E-state index contributed by atoms with van der Waals surface area (Å²) >= 11 is 0. The molecule has 1 aliphatic rings. The summed E-state index contributed by atoms with van der Waals surface area (Å²) in [6, 6.07) is 6.83. The average molecular weight is 438 g/mol. The van der Waals surface area contributed by atoms with E-state index in [1.807, 2.05) is 65.8 Å². The van der Waals surface area contributed by atoms with Crippen molar-refractivity contribution in [1.82, 2.24) is 4.90 Å². The van der Waals surface area contributed by atoms with Gasteiger partial charge in [-0.05, 0) is 78.6 Å². The Hall–Kier alpha value is -3.02. The molecule has 3 rings (SSSR count). The maximum Gasteiger partial charge on any atom is 0.251 e. The molecule has 3 N–H and O–H groups in total. The normalized spacial score (nSPS) is 15.8. The fourth-order valence-corrected chi connectivity index (χ4v) is 4.44. The first-order valence-corrected chi connectivity index (χ1v) is 11.1. The highest BCUT2D eigenvalue weighted by Crippen LogP contribution is 2.36. The van der Waals surface area contributed by atoms with Crippen molar-refractivity contribution in [2.45, 2.75) is 60.4 Å². The van der Waals surface area contributed by atoms with Crippen LogP contribution in [0.15, 0.2) is 24.3 Å². The molecule has 0 fully saturated rings. The maximum absolute atomic E-state index is 13.7. The summed E-state index contributed by atoms with van der Waals surface area (Å²) in [5.74, 6) is 0.564. The number of nitrogens with zero attached hydrogens (tertiary/aromatic N) is 1. The number of amides is 2. The lowest BCUT2D eigenvalue weighted by Gasteiger charge is -2.38. The number of aryl methyl sites for hydroxylation is 1. The highest BCUT2D eigenvalue weighted by Gasteiger charge is 2.37. The van der Waals surface area contributed by atoms with Crippen molar-refractivity contribution in [2.75, 3.05) is 24.7 Å². The lowest BCUT2D eigenvalue weighted by Crippen LogP contribution is -2.46. The van der Waals surface area contributed by atoms with Crippen LogP contribution >= 0.6 is 0 Å². The summed E-state index contributed by atoms with van der Waals surface area (Å²) < 4.78 is 5.51. The molecule has 0 saturated carbocycles. The number of nitrogens with one attached hydrogen (secondary N) is 1. The highest BCUT2D eigenvalue weighted by atomic mass is 16.5. The van der Waals surface area contributed by atoms with Crippen LogP contribution in [0.1, 0.15) is 61.1 Å².